The topological polar surface area (TPSA) is 111 Å². The number of thiophene rings is 1. The third-order valence-electron chi connectivity index (χ3n) is 3.29. The first-order valence-corrected chi connectivity index (χ1v) is 10.4. The minimum absolute atomic E-state index is 0.326. The highest BCUT2D eigenvalue weighted by molar-refractivity contribution is 7.17. The number of carbonyl (C=O) groups is 1. The lowest BCUT2D eigenvalue weighted by molar-refractivity contribution is 0.152. The molecule has 2 rings (SSSR count). The van der Waals surface area contributed by atoms with Gasteiger partial charge in [-0.1, -0.05) is 0 Å². The molecule has 0 aliphatic rings. The van der Waals surface area contributed by atoms with Gasteiger partial charge < -0.3 is 25.8 Å². The molecule has 0 spiro atoms. The van der Waals surface area contributed by atoms with Crippen LogP contribution >= 0.6 is 22.7 Å². The van der Waals surface area contributed by atoms with Gasteiger partial charge in [-0.05, 0) is 32.4 Å². The minimum Gasteiger partial charge on any atom is -0.450 e. The van der Waals surface area contributed by atoms with Crippen molar-refractivity contribution < 1.29 is 14.3 Å². The number of nitrogens with one attached hydrogen (secondary N) is 2. The van der Waals surface area contributed by atoms with Gasteiger partial charge in [-0.3, -0.25) is 4.99 Å². The average molecular weight is 412 g/mol. The molecule has 0 aliphatic carbocycles. The van der Waals surface area contributed by atoms with E-state index in [1.807, 2.05) is 24.4 Å². The van der Waals surface area contributed by atoms with E-state index in [1.54, 1.807) is 18.3 Å². The Morgan fingerprint density at radius 2 is 2.19 bits per heavy atom. The molecule has 0 unspecified atom stereocenters. The normalized spacial score (nSPS) is 11.4. The van der Waals surface area contributed by atoms with E-state index in [4.69, 9.17) is 15.2 Å². The number of guanidine groups is 1. The van der Waals surface area contributed by atoms with Crippen LogP contribution in [-0.4, -0.2) is 49.9 Å². The first-order chi connectivity index (χ1) is 13.1. The van der Waals surface area contributed by atoms with E-state index < -0.39 is 0 Å². The van der Waals surface area contributed by atoms with Crippen molar-refractivity contribution in [2.45, 2.75) is 20.3 Å². The molecule has 2 aromatic rings. The predicted molar refractivity (Wildman–Crippen MR) is 111 cm³/mol. The molecule has 27 heavy (non-hydrogen) atoms. The second kappa shape index (κ2) is 11.5. The number of carbonyl (C=O) groups excluding carboxylic acids is 1. The van der Waals surface area contributed by atoms with Crippen molar-refractivity contribution in [1.82, 2.24) is 10.3 Å². The van der Waals surface area contributed by atoms with Crippen LogP contribution in [0, 0.1) is 0 Å². The van der Waals surface area contributed by atoms with Crippen LogP contribution in [0.15, 0.2) is 22.5 Å². The molecule has 2 aromatic heterocycles. The summed E-state index contributed by atoms with van der Waals surface area (Å²) in [7, 11) is 0. The Hall–Kier alpha value is -2.17. The highest BCUT2D eigenvalue weighted by Gasteiger charge is 2.09. The van der Waals surface area contributed by atoms with E-state index in [0.717, 1.165) is 17.0 Å². The fourth-order valence-electron chi connectivity index (χ4n) is 2.09. The van der Waals surface area contributed by atoms with Crippen LogP contribution in [0.1, 0.15) is 18.7 Å². The summed E-state index contributed by atoms with van der Waals surface area (Å²) < 4.78 is 10.1. The third-order valence-corrected chi connectivity index (χ3v) is 5.22. The van der Waals surface area contributed by atoms with E-state index in [9.17, 15) is 4.79 Å². The summed E-state index contributed by atoms with van der Waals surface area (Å²) in [6.07, 6.45) is 0.364. The largest absolute Gasteiger partial charge is 0.450 e. The van der Waals surface area contributed by atoms with Crippen LogP contribution in [0.2, 0.25) is 0 Å². The Labute approximate surface area is 166 Å². The van der Waals surface area contributed by atoms with Crippen molar-refractivity contribution >= 4 is 39.9 Å². The second-order valence-corrected chi connectivity index (χ2v) is 7.32. The van der Waals surface area contributed by atoms with Gasteiger partial charge in [0.05, 0.1) is 30.3 Å². The van der Waals surface area contributed by atoms with E-state index in [-0.39, 0.29) is 6.09 Å². The van der Waals surface area contributed by atoms with Crippen molar-refractivity contribution in [3.63, 3.8) is 0 Å². The lowest BCUT2D eigenvalue weighted by Crippen LogP contribution is -2.26. The molecule has 0 aromatic carbocycles. The van der Waals surface area contributed by atoms with Gasteiger partial charge in [0.2, 0.25) is 0 Å². The summed E-state index contributed by atoms with van der Waals surface area (Å²) >= 11 is 3.12. The van der Waals surface area contributed by atoms with Gasteiger partial charge in [0.1, 0.15) is 0 Å². The van der Waals surface area contributed by atoms with E-state index >= 15 is 0 Å². The number of ether oxygens (including phenoxy) is 2. The van der Waals surface area contributed by atoms with Crippen molar-refractivity contribution in [1.29, 1.82) is 0 Å². The van der Waals surface area contributed by atoms with Gasteiger partial charge in [-0.15, -0.1) is 22.7 Å². The maximum Gasteiger partial charge on any atom is 0.407 e. The fraction of sp³-hybridized carbons (Fsp3) is 0.471. The lowest BCUT2D eigenvalue weighted by Gasteiger charge is -2.03. The van der Waals surface area contributed by atoms with Crippen LogP contribution in [0.5, 0.6) is 0 Å². The summed E-state index contributed by atoms with van der Waals surface area (Å²) in [5.74, 6) is 0.326. The Morgan fingerprint density at radius 1 is 1.33 bits per heavy atom. The number of anilines is 1. The monoisotopic (exact) mass is 411 g/mol. The molecule has 0 radical (unpaired) electrons. The van der Waals surface area contributed by atoms with Crippen LogP contribution in [0.25, 0.3) is 10.6 Å². The van der Waals surface area contributed by atoms with E-state index in [0.29, 0.717) is 44.0 Å². The maximum atomic E-state index is 11.3. The van der Waals surface area contributed by atoms with Gasteiger partial charge in [0.25, 0.3) is 0 Å². The molecule has 10 heteroatoms. The standard InChI is InChI=1S/C17H25N5O3S2/c1-3-24-10-9-19-15(18)22-16-21-13(11-26-16)14-6-5-12(27-14)7-8-20-17(23)25-4-2/h5-6,11H,3-4,7-10H2,1-2H3,(H,20,23)(H3,18,19,21,22). The van der Waals surface area contributed by atoms with Gasteiger partial charge in [0, 0.05) is 23.4 Å². The van der Waals surface area contributed by atoms with Gasteiger partial charge >= 0.3 is 6.09 Å². The van der Waals surface area contributed by atoms with Crippen molar-refractivity contribution in [2.75, 3.05) is 38.2 Å². The Balaban J connectivity index is 1.83. The number of aliphatic imine (C=N–C) groups is 1. The average Bonchev–Trinajstić information content (AvgIpc) is 3.28. The maximum absolute atomic E-state index is 11.3. The molecule has 0 atom stereocenters. The number of nitrogens with zero attached hydrogens (tertiary/aromatic N) is 2. The Kier molecular flexibility index (Phi) is 9.02. The summed E-state index contributed by atoms with van der Waals surface area (Å²) in [5, 5.41) is 8.39. The molecule has 8 nitrogen and oxygen atoms in total. The van der Waals surface area contributed by atoms with E-state index in [2.05, 4.69) is 20.6 Å². The molecule has 148 valence electrons. The number of hydrogen-bond acceptors (Lipinski definition) is 7. The van der Waals surface area contributed by atoms with Gasteiger partial charge in [0.15, 0.2) is 11.1 Å². The first-order valence-electron chi connectivity index (χ1n) is 8.72. The molecule has 2 heterocycles. The summed E-state index contributed by atoms with van der Waals surface area (Å²) in [6, 6.07) is 4.07. The predicted octanol–water partition coefficient (Wildman–Crippen LogP) is 2.92. The van der Waals surface area contributed by atoms with Crippen LogP contribution in [0.3, 0.4) is 0 Å². The molecule has 0 fully saturated rings. The number of aromatic nitrogens is 1. The minimum atomic E-state index is -0.384. The second-order valence-electron chi connectivity index (χ2n) is 5.29. The first kappa shape index (κ1) is 21.1. The van der Waals surface area contributed by atoms with Crippen LogP contribution < -0.4 is 16.4 Å². The number of alkyl carbamates (subject to hydrolysis) is 1. The zero-order valence-corrected chi connectivity index (χ0v) is 17.1. The SMILES string of the molecule is CCOCCN=C(N)Nc1nc(-c2ccc(CCNC(=O)OCC)s2)cs1. The molecule has 0 saturated heterocycles. The molecular weight excluding hydrogens is 386 g/mol. The number of thiazole rings is 1. The van der Waals surface area contributed by atoms with Crippen LogP contribution in [0.4, 0.5) is 9.93 Å². The van der Waals surface area contributed by atoms with Gasteiger partial charge in [-0.2, -0.15) is 0 Å². The van der Waals surface area contributed by atoms with Crippen molar-refractivity contribution in [3.05, 3.63) is 22.4 Å². The highest BCUT2D eigenvalue weighted by atomic mass is 32.1. The summed E-state index contributed by atoms with van der Waals surface area (Å²) in [4.78, 5) is 22.2. The molecule has 0 bridgehead atoms. The fourth-order valence-corrected chi connectivity index (χ4v) is 3.85. The Morgan fingerprint density at radius 3 is 2.96 bits per heavy atom. The van der Waals surface area contributed by atoms with Gasteiger partial charge in [-0.25, -0.2) is 9.78 Å². The quantitative estimate of drug-likeness (QED) is 0.315. The third kappa shape index (κ3) is 7.53. The highest BCUT2D eigenvalue weighted by Crippen LogP contribution is 2.30. The number of hydrogen-bond donors (Lipinski definition) is 3. The van der Waals surface area contributed by atoms with Crippen molar-refractivity contribution in [3.8, 4) is 10.6 Å². The zero-order chi connectivity index (χ0) is 19.5. The number of nitrogens with two attached hydrogens (primary N) is 1. The smallest absolute Gasteiger partial charge is 0.407 e. The molecular formula is C17H25N5O3S2. The summed E-state index contributed by atoms with van der Waals surface area (Å²) in [5.41, 5.74) is 6.74. The molecule has 0 saturated carbocycles. The molecule has 0 aliphatic heterocycles. The molecule has 1 amide bonds. The molecule has 4 N–H and O–H groups in total. The zero-order valence-electron chi connectivity index (χ0n) is 15.5. The summed E-state index contributed by atoms with van der Waals surface area (Å²) in [6.45, 7) is 6.36. The lowest BCUT2D eigenvalue weighted by atomic mass is 10.3. The van der Waals surface area contributed by atoms with Crippen molar-refractivity contribution in [2.24, 2.45) is 10.7 Å². The van der Waals surface area contributed by atoms with E-state index in [1.165, 1.54) is 16.2 Å². The van der Waals surface area contributed by atoms with Crippen LogP contribution in [-0.2, 0) is 15.9 Å². The Bertz CT molecular complexity index is 745. The number of rotatable bonds is 10. The number of amides is 1.